The van der Waals surface area contributed by atoms with Gasteiger partial charge in [-0.05, 0) is 69.3 Å². The van der Waals surface area contributed by atoms with E-state index in [4.69, 9.17) is 21.1 Å². The van der Waals surface area contributed by atoms with Gasteiger partial charge in [-0.2, -0.15) is 0 Å². The molecule has 5 nitrogen and oxygen atoms in total. The molecule has 0 aliphatic heterocycles. The number of hydrogen-bond donors (Lipinski definition) is 2. The number of rotatable bonds is 6. The van der Waals surface area contributed by atoms with Crippen LogP contribution in [-0.2, 0) is 4.79 Å². The topological polar surface area (TPSA) is 59.6 Å². The van der Waals surface area contributed by atoms with Crippen molar-refractivity contribution in [1.82, 2.24) is 5.32 Å². The van der Waals surface area contributed by atoms with Crippen LogP contribution >= 0.6 is 11.6 Å². The molecule has 0 aromatic heterocycles. The van der Waals surface area contributed by atoms with Gasteiger partial charge < -0.3 is 20.1 Å². The highest BCUT2D eigenvalue weighted by molar-refractivity contribution is 6.32. The number of carbonyl (C=O) groups excluding carboxylic acids is 1. The number of ether oxygens (including phenoxy) is 2. The fourth-order valence-corrected chi connectivity index (χ4v) is 6.15. The summed E-state index contributed by atoms with van der Waals surface area (Å²) in [6.07, 6.45) is 7.54. The van der Waals surface area contributed by atoms with Crippen LogP contribution in [-0.4, -0.2) is 31.7 Å². The Balaban J connectivity index is 1.45. The van der Waals surface area contributed by atoms with E-state index in [0.29, 0.717) is 22.2 Å². The van der Waals surface area contributed by atoms with Crippen molar-refractivity contribution in [2.45, 2.75) is 57.0 Å². The predicted octanol–water partition coefficient (Wildman–Crippen LogP) is 4.24. The van der Waals surface area contributed by atoms with Gasteiger partial charge in [-0.15, -0.1) is 0 Å². The van der Waals surface area contributed by atoms with Gasteiger partial charge in [-0.3, -0.25) is 4.79 Å². The fraction of sp³-hybridized carbons (Fsp3) is 0.667. The molecule has 148 valence electrons. The smallest absolute Gasteiger partial charge is 0.242 e. The number of halogens is 1. The average Bonchev–Trinajstić information content (AvgIpc) is 2.60. The molecular weight excluding hydrogens is 364 g/mol. The number of methoxy groups -OCH3 is 2. The molecule has 5 rings (SSSR count). The molecular formula is C21H29ClN2O3. The van der Waals surface area contributed by atoms with E-state index < -0.39 is 0 Å². The van der Waals surface area contributed by atoms with Crippen molar-refractivity contribution >= 4 is 23.2 Å². The molecule has 4 fully saturated rings. The van der Waals surface area contributed by atoms with Gasteiger partial charge in [0, 0.05) is 11.6 Å². The standard InChI is InChI=1S/C21H29ClN2O3/c1-12(23-17-7-16(22)18(26-2)8-19(17)27-3)20(25)24-21-9-13-4-14(10-21)6-15(5-13)11-21/h7-8,12-15,23H,4-6,9-11H2,1-3H3,(H,24,25)/t12-,13?,14?,15?,21?/m0/s1. The van der Waals surface area contributed by atoms with E-state index in [0.717, 1.165) is 37.0 Å². The lowest BCUT2D eigenvalue weighted by Crippen LogP contribution is -2.61. The van der Waals surface area contributed by atoms with Crippen molar-refractivity contribution in [2.75, 3.05) is 19.5 Å². The average molecular weight is 393 g/mol. The van der Waals surface area contributed by atoms with E-state index in [-0.39, 0.29) is 17.5 Å². The summed E-state index contributed by atoms with van der Waals surface area (Å²) >= 11 is 6.25. The summed E-state index contributed by atoms with van der Waals surface area (Å²) in [5.74, 6) is 3.61. The molecule has 0 saturated heterocycles. The van der Waals surface area contributed by atoms with Crippen LogP contribution < -0.4 is 20.1 Å². The Labute approximate surface area is 166 Å². The molecule has 4 aliphatic rings. The lowest BCUT2D eigenvalue weighted by atomic mass is 9.53. The maximum absolute atomic E-state index is 13.0. The molecule has 4 saturated carbocycles. The zero-order valence-electron chi connectivity index (χ0n) is 16.3. The van der Waals surface area contributed by atoms with Crippen molar-refractivity contribution in [3.05, 3.63) is 17.2 Å². The van der Waals surface area contributed by atoms with E-state index in [1.165, 1.54) is 19.3 Å². The van der Waals surface area contributed by atoms with Crippen molar-refractivity contribution in [3.8, 4) is 11.5 Å². The Kier molecular flexibility index (Phi) is 4.91. The van der Waals surface area contributed by atoms with Gasteiger partial charge in [0.2, 0.25) is 5.91 Å². The maximum atomic E-state index is 13.0. The van der Waals surface area contributed by atoms with Gasteiger partial charge >= 0.3 is 0 Å². The number of amides is 1. The van der Waals surface area contributed by atoms with Crippen LogP contribution in [0.15, 0.2) is 12.1 Å². The minimum atomic E-state index is -0.378. The normalized spacial score (nSPS) is 32.1. The summed E-state index contributed by atoms with van der Waals surface area (Å²) in [7, 11) is 3.16. The maximum Gasteiger partial charge on any atom is 0.242 e. The second-order valence-electron chi connectivity index (χ2n) is 8.74. The molecule has 0 unspecified atom stereocenters. The van der Waals surface area contributed by atoms with Gasteiger partial charge in [0.1, 0.15) is 17.5 Å². The molecule has 27 heavy (non-hydrogen) atoms. The van der Waals surface area contributed by atoms with Crippen LogP contribution in [0.4, 0.5) is 5.69 Å². The molecule has 2 N–H and O–H groups in total. The summed E-state index contributed by atoms with van der Waals surface area (Å²) in [5.41, 5.74) is 0.708. The second kappa shape index (κ2) is 7.08. The zero-order valence-corrected chi connectivity index (χ0v) is 17.1. The molecule has 0 heterocycles. The van der Waals surface area contributed by atoms with Crippen LogP contribution in [0, 0.1) is 17.8 Å². The number of hydrogen-bond acceptors (Lipinski definition) is 4. The summed E-state index contributed by atoms with van der Waals surface area (Å²) in [6.45, 7) is 1.88. The van der Waals surface area contributed by atoms with Crippen molar-refractivity contribution < 1.29 is 14.3 Å². The quantitative estimate of drug-likeness (QED) is 0.760. The molecule has 1 aromatic rings. The summed E-state index contributed by atoms with van der Waals surface area (Å²) in [5, 5.41) is 7.16. The molecule has 1 aromatic carbocycles. The minimum Gasteiger partial charge on any atom is -0.495 e. The highest BCUT2D eigenvalue weighted by atomic mass is 35.5. The van der Waals surface area contributed by atoms with Gasteiger partial charge in [-0.1, -0.05) is 11.6 Å². The van der Waals surface area contributed by atoms with E-state index >= 15 is 0 Å². The lowest BCUT2D eigenvalue weighted by Gasteiger charge is -2.57. The van der Waals surface area contributed by atoms with Crippen LogP contribution in [0.3, 0.4) is 0 Å². The largest absolute Gasteiger partial charge is 0.495 e. The number of anilines is 1. The van der Waals surface area contributed by atoms with Gasteiger partial charge in [-0.25, -0.2) is 0 Å². The third kappa shape index (κ3) is 3.58. The SMILES string of the molecule is COc1cc(OC)c(N[C@@H](C)C(=O)NC23CC4CC(CC(C4)C2)C3)cc1Cl. The molecule has 4 bridgehead atoms. The first kappa shape index (κ1) is 18.7. The molecule has 0 radical (unpaired) electrons. The Hall–Kier alpha value is -1.62. The number of carbonyl (C=O) groups is 1. The Morgan fingerprint density at radius 3 is 2.15 bits per heavy atom. The molecule has 0 spiro atoms. The summed E-state index contributed by atoms with van der Waals surface area (Å²) in [6, 6.07) is 3.10. The van der Waals surface area contributed by atoms with Crippen LogP contribution in [0.5, 0.6) is 11.5 Å². The Bertz CT molecular complexity index is 701. The zero-order chi connectivity index (χ0) is 19.2. The first-order valence-corrected chi connectivity index (χ1v) is 10.3. The first-order valence-electron chi connectivity index (χ1n) is 9.91. The van der Waals surface area contributed by atoms with Crippen molar-refractivity contribution in [1.29, 1.82) is 0 Å². The second-order valence-corrected chi connectivity index (χ2v) is 9.15. The lowest BCUT2D eigenvalue weighted by molar-refractivity contribution is -0.127. The molecule has 1 atom stereocenters. The summed E-state index contributed by atoms with van der Waals surface area (Å²) in [4.78, 5) is 13.0. The molecule has 1 amide bonds. The monoisotopic (exact) mass is 392 g/mol. The fourth-order valence-electron chi connectivity index (χ4n) is 5.90. The van der Waals surface area contributed by atoms with Gasteiger partial charge in [0.05, 0.1) is 24.9 Å². The number of nitrogens with one attached hydrogen (secondary N) is 2. The van der Waals surface area contributed by atoms with E-state index in [1.807, 2.05) is 6.92 Å². The Morgan fingerprint density at radius 1 is 1.07 bits per heavy atom. The third-order valence-corrected chi connectivity index (χ3v) is 6.96. The molecule has 6 heteroatoms. The van der Waals surface area contributed by atoms with E-state index in [1.54, 1.807) is 26.4 Å². The number of benzene rings is 1. The molecule has 4 aliphatic carbocycles. The highest BCUT2D eigenvalue weighted by Gasteiger charge is 2.51. The predicted molar refractivity (Wildman–Crippen MR) is 107 cm³/mol. The van der Waals surface area contributed by atoms with E-state index in [2.05, 4.69) is 10.6 Å². The van der Waals surface area contributed by atoms with Crippen molar-refractivity contribution in [3.63, 3.8) is 0 Å². The van der Waals surface area contributed by atoms with Gasteiger partial charge in [0.15, 0.2) is 0 Å². The highest BCUT2D eigenvalue weighted by Crippen LogP contribution is 2.55. The third-order valence-electron chi connectivity index (χ3n) is 6.67. The minimum absolute atomic E-state index is 0.0173. The summed E-state index contributed by atoms with van der Waals surface area (Å²) < 4.78 is 10.7. The van der Waals surface area contributed by atoms with Crippen molar-refractivity contribution in [2.24, 2.45) is 17.8 Å². The first-order chi connectivity index (χ1) is 12.9. The Morgan fingerprint density at radius 2 is 1.63 bits per heavy atom. The van der Waals surface area contributed by atoms with Crippen LogP contribution in [0.25, 0.3) is 0 Å². The van der Waals surface area contributed by atoms with Crippen LogP contribution in [0.2, 0.25) is 5.02 Å². The van der Waals surface area contributed by atoms with Crippen LogP contribution in [0.1, 0.15) is 45.4 Å². The van der Waals surface area contributed by atoms with E-state index in [9.17, 15) is 4.79 Å². The van der Waals surface area contributed by atoms with Gasteiger partial charge in [0.25, 0.3) is 0 Å².